The first-order valence-electron chi connectivity index (χ1n) is 5.56. The van der Waals surface area contributed by atoms with Crippen LogP contribution in [0.3, 0.4) is 0 Å². The third-order valence-electron chi connectivity index (χ3n) is 2.21. The van der Waals surface area contributed by atoms with E-state index < -0.39 is 0 Å². The molecular weight excluding hydrogens is 204 g/mol. The molecule has 0 heterocycles. The Morgan fingerprint density at radius 1 is 1.07 bits per heavy atom. The second-order valence-corrected chi connectivity index (χ2v) is 4.09. The Labute approximate surface area is 97.9 Å². The lowest BCUT2D eigenvalue weighted by molar-refractivity contribution is 0.652. The Morgan fingerprint density at radius 2 is 1.80 bits per heavy atom. The van der Waals surface area contributed by atoms with Crippen LogP contribution in [0.1, 0.15) is 19.8 Å². The molecule has 1 aromatic rings. The first-order valence-corrected chi connectivity index (χ1v) is 6.01. The Kier molecular flexibility index (Phi) is 6.28. The zero-order valence-electron chi connectivity index (χ0n) is 9.29. The van der Waals surface area contributed by atoms with Crippen molar-refractivity contribution in [2.45, 2.75) is 24.7 Å². The summed E-state index contributed by atoms with van der Waals surface area (Å²) < 4.78 is 0. The van der Waals surface area contributed by atoms with Crippen LogP contribution >= 0.6 is 12.6 Å². The summed E-state index contributed by atoms with van der Waals surface area (Å²) in [6.07, 6.45) is 2.51. The third-order valence-corrected chi connectivity index (χ3v) is 2.50. The molecule has 0 spiro atoms. The van der Waals surface area contributed by atoms with Crippen LogP contribution in [0.5, 0.6) is 0 Å². The molecule has 1 aromatic carbocycles. The highest BCUT2D eigenvalue weighted by Gasteiger charge is 1.91. The molecule has 0 saturated carbocycles. The van der Waals surface area contributed by atoms with E-state index >= 15 is 0 Å². The summed E-state index contributed by atoms with van der Waals surface area (Å²) in [4.78, 5) is 1.00. The Morgan fingerprint density at radius 3 is 2.47 bits per heavy atom. The average Bonchev–Trinajstić information content (AvgIpc) is 2.26. The van der Waals surface area contributed by atoms with E-state index in [4.69, 9.17) is 0 Å². The van der Waals surface area contributed by atoms with Crippen LogP contribution in [0, 0.1) is 0 Å². The maximum atomic E-state index is 4.24. The number of hydrogen-bond acceptors (Lipinski definition) is 3. The summed E-state index contributed by atoms with van der Waals surface area (Å²) >= 11 is 4.24. The van der Waals surface area contributed by atoms with E-state index in [0.717, 1.165) is 30.2 Å². The molecule has 0 aromatic heterocycles. The summed E-state index contributed by atoms with van der Waals surface area (Å²) in [5.41, 5.74) is 1.16. The fourth-order valence-electron chi connectivity index (χ4n) is 1.30. The number of hydrogen-bond donors (Lipinski definition) is 3. The zero-order valence-corrected chi connectivity index (χ0v) is 10.2. The number of thiol groups is 1. The van der Waals surface area contributed by atoms with Crippen LogP contribution in [0.4, 0.5) is 5.69 Å². The van der Waals surface area contributed by atoms with Gasteiger partial charge in [-0.3, -0.25) is 0 Å². The van der Waals surface area contributed by atoms with Gasteiger partial charge in [0, 0.05) is 23.7 Å². The summed E-state index contributed by atoms with van der Waals surface area (Å²) in [6, 6.07) is 8.09. The van der Waals surface area contributed by atoms with E-state index in [1.807, 2.05) is 24.3 Å². The largest absolute Gasteiger partial charge is 0.384 e. The van der Waals surface area contributed by atoms with Crippen molar-refractivity contribution in [3.63, 3.8) is 0 Å². The third kappa shape index (κ3) is 5.70. The normalized spacial score (nSPS) is 10.3. The van der Waals surface area contributed by atoms with E-state index in [-0.39, 0.29) is 0 Å². The molecule has 0 atom stereocenters. The second-order valence-electron chi connectivity index (χ2n) is 3.58. The SMILES string of the molecule is CCCCNCCNc1ccc(S)cc1. The average molecular weight is 224 g/mol. The molecule has 2 N–H and O–H groups in total. The van der Waals surface area contributed by atoms with Crippen molar-refractivity contribution in [2.24, 2.45) is 0 Å². The summed E-state index contributed by atoms with van der Waals surface area (Å²) in [6.45, 7) is 5.31. The van der Waals surface area contributed by atoms with Crippen LogP contribution in [0.15, 0.2) is 29.2 Å². The van der Waals surface area contributed by atoms with E-state index in [9.17, 15) is 0 Å². The summed E-state index contributed by atoms with van der Waals surface area (Å²) in [5, 5.41) is 6.74. The molecule has 0 aliphatic carbocycles. The van der Waals surface area contributed by atoms with Gasteiger partial charge in [0.2, 0.25) is 0 Å². The molecule has 0 aliphatic heterocycles. The first kappa shape index (κ1) is 12.4. The van der Waals surface area contributed by atoms with Crippen LogP contribution < -0.4 is 10.6 Å². The number of unbranched alkanes of at least 4 members (excludes halogenated alkanes) is 1. The predicted molar refractivity (Wildman–Crippen MR) is 70.0 cm³/mol. The quantitative estimate of drug-likeness (QED) is 0.490. The van der Waals surface area contributed by atoms with Crippen molar-refractivity contribution in [3.05, 3.63) is 24.3 Å². The second kappa shape index (κ2) is 7.60. The van der Waals surface area contributed by atoms with Crippen LogP contribution in [0.25, 0.3) is 0 Å². The zero-order chi connectivity index (χ0) is 10.9. The smallest absolute Gasteiger partial charge is 0.0341 e. The minimum atomic E-state index is 0.968. The van der Waals surface area contributed by atoms with Crippen molar-refractivity contribution in [2.75, 3.05) is 25.0 Å². The topological polar surface area (TPSA) is 24.1 Å². The van der Waals surface area contributed by atoms with E-state index in [2.05, 4.69) is 30.2 Å². The molecular formula is C12H20N2S. The highest BCUT2D eigenvalue weighted by Crippen LogP contribution is 2.11. The van der Waals surface area contributed by atoms with Gasteiger partial charge in [-0.2, -0.15) is 0 Å². The molecule has 2 nitrogen and oxygen atoms in total. The van der Waals surface area contributed by atoms with Crippen molar-refractivity contribution in [1.82, 2.24) is 5.32 Å². The minimum absolute atomic E-state index is 0.968. The molecule has 0 unspecified atom stereocenters. The maximum absolute atomic E-state index is 4.24. The number of nitrogens with one attached hydrogen (secondary N) is 2. The van der Waals surface area contributed by atoms with Crippen molar-refractivity contribution in [3.8, 4) is 0 Å². The molecule has 0 saturated heterocycles. The van der Waals surface area contributed by atoms with Gasteiger partial charge in [0.1, 0.15) is 0 Å². The fourth-order valence-corrected chi connectivity index (χ4v) is 1.45. The molecule has 0 bridgehead atoms. The lowest BCUT2D eigenvalue weighted by Gasteiger charge is -2.07. The van der Waals surface area contributed by atoms with Gasteiger partial charge < -0.3 is 10.6 Å². The monoisotopic (exact) mass is 224 g/mol. The summed E-state index contributed by atoms with van der Waals surface area (Å²) in [5.74, 6) is 0. The van der Waals surface area contributed by atoms with Crippen molar-refractivity contribution >= 4 is 18.3 Å². The van der Waals surface area contributed by atoms with Gasteiger partial charge in [0.15, 0.2) is 0 Å². The van der Waals surface area contributed by atoms with Gasteiger partial charge in [-0.15, -0.1) is 12.6 Å². The van der Waals surface area contributed by atoms with Crippen LogP contribution in [-0.2, 0) is 0 Å². The molecule has 0 fully saturated rings. The maximum Gasteiger partial charge on any atom is 0.0341 e. The van der Waals surface area contributed by atoms with E-state index in [1.165, 1.54) is 12.8 Å². The lowest BCUT2D eigenvalue weighted by Crippen LogP contribution is -2.22. The van der Waals surface area contributed by atoms with E-state index in [0.29, 0.717) is 0 Å². The Balaban J connectivity index is 2.07. The lowest BCUT2D eigenvalue weighted by atomic mass is 10.3. The molecule has 3 heteroatoms. The van der Waals surface area contributed by atoms with Crippen molar-refractivity contribution < 1.29 is 0 Å². The van der Waals surface area contributed by atoms with Gasteiger partial charge in [0.05, 0.1) is 0 Å². The van der Waals surface area contributed by atoms with Crippen LogP contribution in [0.2, 0.25) is 0 Å². The molecule has 15 heavy (non-hydrogen) atoms. The van der Waals surface area contributed by atoms with E-state index in [1.54, 1.807) is 0 Å². The Hall–Kier alpha value is -0.670. The van der Waals surface area contributed by atoms with Gasteiger partial charge >= 0.3 is 0 Å². The molecule has 0 amide bonds. The number of rotatable bonds is 7. The standard InChI is InChI=1S/C12H20N2S/c1-2-3-8-13-9-10-14-11-4-6-12(15)7-5-11/h4-7,13-15H,2-3,8-10H2,1H3. The molecule has 1 rings (SSSR count). The number of anilines is 1. The summed E-state index contributed by atoms with van der Waals surface area (Å²) in [7, 11) is 0. The van der Waals surface area contributed by atoms with Gasteiger partial charge in [-0.05, 0) is 37.2 Å². The minimum Gasteiger partial charge on any atom is -0.384 e. The Bertz CT molecular complexity index is 259. The molecule has 0 radical (unpaired) electrons. The van der Waals surface area contributed by atoms with Crippen molar-refractivity contribution in [1.29, 1.82) is 0 Å². The highest BCUT2D eigenvalue weighted by atomic mass is 32.1. The predicted octanol–water partition coefficient (Wildman–Crippen LogP) is 2.78. The van der Waals surface area contributed by atoms with Gasteiger partial charge in [0.25, 0.3) is 0 Å². The fraction of sp³-hybridized carbons (Fsp3) is 0.500. The van der Waals surface area contributed by atoms with Crippen LogP contribution in [-0.4, -0.2) is 19.6 Å². The highest BCUT2D eigenvalue weighted by molar-refractivity contribution is 7.80. The molecule has 0 aliphatic rings. The number of benzene rings is 1. The first-order chi connectivity index (χ1) is 7.33. The van der Waals surface area contributed by atoms with Gasteiger partial charge in [-0.1, -0.05) is 13.3 Å². The van der Waals surface area contributed by atoms with Gasteiger partial charge in [-0.25, -0.2) is 0 Å². The molecule has 84 valence electrons.